The van der Waals surface area contributed by atoms with Crippen LogP contribution in [0.25, 0.3) is 0 Å². The van der Waals surface area contributed by atoms with E-state index in [0.717, 1.165) is 24.0 Å². The van der Waals surface area contributed by atoms with Gasteiger partial charge in [-0.2, -0.15) is 0 Å². The maximum Gasteiger partial charge on any atom is 0.237 e. The lowest BCUT2D eigenvalue weighted by atomic mass is 9.97. The number of carbonyl (C=O) groups excluding carboxylic acids is 1. The molecule has 30 heavy (non-hydrogen) atoms. The Labute approximate surface area is 187 Å². The van der Waals surface area contributed by atoms with Crippen molar-refractivity contribution < 1.29 is 9.53 Å². The molecule has 0 fully saturated rings. The van der Waals surface area contributed by atoms with Crippen molar-refractivity contribution in [1.82, 2.24) is 9.88 Å². The van der Waals surface area contributed by atoms with Crippen molar-refractivity contribution in [3.63, 3.8) is 0 Å². The minimum Gasteiger partial charge on any atom is -0.440 e. The molecule has 1 amide bonds. The fourth-order valence-electron chi connectivity index (χ4n) is 3.44. The zero-order valence-corrected chi connectivity index (χ0v) is 18.8. The van der Waals surface area contributed by atoms with E-state index >= 15 is 0 Å². The van der Waals surface area contributed by atoms with Gasteiger partial charge in [0.05, 0.1) is 12.5 Å². The predicted molar refractivity (Wildman–Crippen MR) is 121 cm³/mol. The highest BCUT2D eigenvalue weighted by Crippen LogP contribution is 2.36. The van der Waals surface area contributed by atoms with Crippen LogP contribution in [0, 0.1) is 5.92 Å². The summed E-state index contributed by atoms with van der Waals surface area (Å²) in [6.07, 6.45) is 6.84. The molecule has 0 spiro atoms. The van der Waals surface area contributed by atoms with Crippen LogP contribution in [0.5, 0.6) is 5.75 Å². The summed E-state index contributed by atoms with van der Waals surface area (Å²) in [5.41, 5.74) is 1.82. The van der Waals surface area contributed by atoms with E-state index < -0.39 is 0 Å². The smallest absolute Gasteiger partial charge is 0.237 e. The summed E-state index contributed by atoms with van der Waals surface area (Å²) < 4.78 is 6.19. The molecule has 2 heterocycles. The minimum absolute atomic E-state index is 0.0281. The van der Waals surface area contributed by atoms with Gasteiger partial charge in [-0.15, -0.1) is 0 Å². The van der Waals surface area contributed by atoms with Gasteiger partial charge in [-0.1, -0.05) is 36.5 Å². The Morgan fingerprint density at radius 1 is 1.20 bits per heavy atom. The fraction of sp³-hybridized carbons (Fsp3) is 0.348. The van der Waals surface area contributed by atoms with Crippen molar-refractivity contribution >= 4 is 35.3 Å². The summed E-state index contributed by atoms with van der Waals surface area (Å²) in [6.45, 7) is 6.49. The van der Waals surface area contributed by atoms with Gasteiger partial charge in [0.2, 0.25) is 11.8 Å². The molecule has 5 nitrogen and oxygen atoms in total. The van der Waals surface area contributed by atoms with Gasteiger partial charge in [-0.05, 0) is 56.2 Å². The third kappa shape index (κ3) is 5.21. The summed E-state index contributed by atoms with van der Waals surface area (Å²) in [5, 5.41) is 0.938. The largest absolute Gasteiger partial charge is 0.440 e. The summed E-state index contributed by atoms with van der Waals surface area (Å²) in [7, 11) is 0. The topological polar surface area (TPSA) is 54.8 Å². The van der Waals surface area contributed by atoms with Crippen LogP contribution in [-0.2, 0) is 11.3 Å². The van der Waals surface area contributed by atoms with Gasteiger partial charge < -0.3 is 4.74 Å². The highest BCUT2D eigenvalue weighted by molar-refractivity contribution is 6.34. The maximum atomic E-state index is 13.2. The van der Waals surface area contributed by atoms with E-state index in [9.17, 15) is 4.79 Å². The van der Waals surface area contributed by atoms with Gasteiger partial charge in [0.1, 0.15) is 5.75 Å². The number of aliphatic imine (C=N–C) groups is 1. The molecule has 3 rings (SSSR count). The van der Waals surface area contributed by atoms with Crippen LogP contribution in [0.3, 0.4) is 0 Å². The number of benzene rings is 1. The molecule has 1 aromatic heterocycles. The standard InChI is InChI=1S/C23H25Cl2N3O2/c1-4-5-20-21(14-27-13-16-6-8-26-9-7-16)23(28(15(2)3)22(20)29)30-19-11-17(24)10-18(25)12-19/h6-12,14-15,20H,4-5,13H2,1-3H3. The van der Waals surface area contributed by atoms with Crippen molar-refractivity contribution in [2.75, 3.05) is 0 Å². The Kier molecular flexibility index (Phi) is 7.51. The number of aromatic nitrogens is 1. The fourth-order valence-corrected chi connectivity index (χ4v) is 3.94. The Balaban J connectivity index is 2.00. The first-order valence-corrected chi connectivity index (χ1v) is 10.8. The van der Waals surface area contributed by atoms with Crippen molar-refractivity contribution in [3.8, 4) is 5.75 Å². The highest BCUT2D eigenvalue weighted by Gasteiger charge is 2.41. The van der Waals surface area contributed by atoms with Crippen molar-refractivity contribution in [2.24, 2.45) is 10.9 Å². The Morgan fingerprint density at radius 2 is 1.87 bits per heavy atom. The summed E-state index contributed by atoms with van der Waals surface area (Å²) in [4.78, 5) is 23.5. The third-order valence-corrected chi connectivity index (χ3v) is 5.21. The Morgan fingerprint density at radius 3 is 2.47 bits per heavy atom. The number of rotatable bonds is 8. The first-order valence-electron chi connectivity index (χ1n) is 10.0. The van der Waals surface area contributed by atoms with Gasteiger partial charge >= 0.3 is 0 Å². The first kappa shape index (κ1) is 22.3. The van der Waals surface area contributed by atoms with Crippen LogP contribution in [0.4, 0.5) is 0 Å². The molecule has 1 unspecified atom stereocenters. The molecule has 1 aliphatic rings. The number of carbonyl (C=O) groups is 1. The molecule has 1 atom stereocenters. The molecule has 0 saturated heterocycles. The number of hydrogen-bond donors (Lipinski definition) is 0. The molecule has 0 radical (unpaired) electrons. The Hall–Kier alpha value is -2.37. The molecule has 1 aromatic carbocycles. The number of hydrogen-bond acceptors (Lipinski definition) is 4. The molecule has 0 N–H and O–H groups in total. The molecule has 0 bridgehead atoms. The van der Waals surface area contributed by atoms with Gasteiger partial charge in [0, 0.05) is 40.3 Å². The van der Waals surface area contributed by atoms with Gasteiger partial charge in [0.15, 0.2) is 0 Å². The average Bonchev–Trinajstić information content (AvgIpc) is 2.93. The summed E-state index contributed by atoms with van der Waals surface area (Å²) in [5.74, 6) is 0.715. The van der Waals surface area contributed by atoms with Gasteiger partial charge in [0.25, 0.3) is 0 Å². The van der Waals surface area contributed by atoms with E-state index in [1.807, 2.05) is 26.0 Å². The van der Waals surface area contributed by atoms with Crippen LogP contribution in [0.2, 0.25) is 10.0 Å². The molecular weight excluding hydrogens is 421 g/mol. The van der Waals surface area contributed by atoms with Crippen LogP contribution in [-0.4, -0.2) is 28.0 Å². The number of nitrogens with zero attached hydrogens (tertiary/aromatic N) is 3. The lowest BCUT2D eigenvalue weighted by Crippen LogP contribution is -2.36. The van der Waals surface area contributed by atoms with E-state index in [4.69, 9.17) is 27.9 Å². The number of halogens is 2. The molecule has 1 aliphatic heterocycles. The predicted octanol–water partition coefficient (Wildman–Crippen LogP) is 5.92. The lowest BCUT2D eigenvalue weighted by molar-refractivity contribution is -0.133. The molecule has 0 saturated carbocycles. The van der Waals surface area contributed by atoms with Crippen molar-refractivity contribution in [3.05, 3.63) is 69.8 Å². The van der Waals surface area contributed by atoms with Crippen molar-refractivity contribution in [2.45, 2.75) is 46.2 Å². The van der Waals surface area contributed by atoms with E-state index in [0.29, 0.717) is 28.2 Å². The number of pyridine rings is 1. The normalized spacial score (nSPS) is 16.9. The minimum atomic E-state index is -0.289. The SMILES string of the molecule is CCCC1C(=O)N(C(C)C)C(Oc2cc(Cl)cc(Cl)c2)=C1C=NCc1ccncc1. The van der Waals surface area contributed by atoms with Crippen LogP contribution >= 0.6 is 23.2 Å². The molecule has 2 aromatic rings. The first-order chi connectivity index (χ1) is 14.4. The monoisotopic (exact) mass is 445 g/mol. The Bertz CT molecular complexity index is 938. The van der Waals surface area contributed by atoms with Crippen LogP contribution < -0.4 is 4.74 Å². The second-order valence-electron chi connectivity index (χ2n) is 7.44. The summed E-state index contributed by atoms with van der Waals surface area (Å²) >= 11 is 12.3. The van der Waals surface area contributed by atoms with Gasteiger partial charge in [-0.3, -0.25) is 19.7 Å². The molecule has 7 heteroatoms. The van der Waals surface area contributed by atoms with E-state index in [1.54, 1.807) is 41.7 Å². The summed E-state index contributed by atoms with van der Waals surface area (Å²) in [6, 6.07) is 8.78. The second-order valence-corrected chi connectivity index (χ2v) is 8.31. The van der Waals surface area contributed by atoms with E-state index in [-0.39, 0.29) is 17.9 Å². The van der Waals surface area contributed by atoms with Crippen molar-refractivity contribution in [1.29, 1.82) is 0 Å². The second kappa shape index (κ2) is 10.1. The quantitative estimate of drug-likeness (QED) is 0.474. The number of ether oxygens (including phenoxy) is 1. The molecule has 0 aliphatic carbocycles. The van der Waals surface area contributed by atoms with E-state index in [2.05, 4.69) is 16.9 Å². The van der Waals surface area contributed by atoms with Crippen LogP contribution in [0.1, 0.15) is 39.2 Å². The molecule has 158 valence electrons. The zero-order valence-electron chi connectivity index (χ0n) is 17.3. The third-order valence-electron chi connectivity index (χ3n) is 4.77. The zero-order chi connectivity index (χ0) is 21.7. The van der Waals surface area contributed by atoms with Crippen LogP contribution in [0.15, 0.2) is 59.2 Å². The van der Waals surface area contributed by atoms with E-state index in [1.165, 1.54) is 0 Å². The van der Waals surface area contributed by atoms with Gasteiger partial charge in [-0.25, -0.2) is 0 Å². The number of amides is 1. The molecular formula is C23H25Cl2N3O2. The maximum absolute atomic E-state index is 13.2. The highest BCUT2D eigenvalue weighted by atomic mass is 35.5. The average molecular weight is 446 g/mol. The lowest BCUT2D eigenvalue weighted by Gasteiger charge is -2.25.